The number of aryl methyl sites for hydroxylation is 1. The summed E-state index contributed by atoms with van der Waals surface area (Å²) in [6.45, 7) is 10.0. The molecule has 24 heteroatoms. The van der Waals surface area contributed by atoms with E-state index in [1.165, 1.54) is 11.3 Å². The topological polar surface area (TPSA) is 227 Å². The van der Waals surface area contributed by atoms with Gasteiger partial charge in [-0.3, -0.25) is 24.2 Å². The number of amides is 4. The van der Waals surface area contributed by atoms with Gasteiger partial charge in [0.25, 0.3) is 0 Å². The van der Waals surface area contributed by atoms with Crippen molar-refractivity contribution in [3.8, 4) is 11.5 Å². The Bertz CT molecular complexity index is 2880. The third kappa shape index (κ3) is 25.5. The molecule has 86 heavy (non-hydrogen) atoms. The fraction of sp³-hybridized carbons (Fsp3) is 0.468. The molecule has 0 spiro atoms. The largest absolute Gasteiger partial charge is 0.494 e. The van der Waals surface area contributed by atoms with Gasteiger partial charge in [0.2, 0.25) is 24.1 Å². The lowest BCUT2D eigenvalue weighted by Crippen LogP contribution is -2.47. The van der Waals surface area contributed by atoms with E-state index >= 15 is 0 Å². The molecule has 4 amide bonds. The smallest absolute Gasteiger partial charge is 0.247 e. The Morgan fingerprint density at radius 2 is 1.47 bits per heavy atom. The van der Waals surface area contributed by atoms with E-state index in [9.17, 15) is 19.2 Å². The summed E-state index contributed by atoms with van der Waals surface area (Å²) in [6, 6.07) is 27.1. The van der Waals surface area contributed by atoms with Crippen LogP contribution in [0.25, 0.3) is 0 Å². The van der Waals surface area contributed by atoms with E-state index in [2.05, 4.69) is 54.9 Å². The van der Waals surface area contributed by atoms with E-state index in [1.54, 1.807) is 46.8 Å². The monoisotopic (exact) mass is 1260 g/mol. The number of carbonyl (C=O) groups is 4. The normalized spacial score (nSPS) is 13.9. The second kappa shape index (κ2) is 38.7. The van der Waals surface area contributed by atoms with E-state index in [0.717, 1.165) is 93.3 Å². The van der Waals surface area contributed by atoms with Crippen LogP contribution in [0.1, 0.15) is 67.0 Å². The van der Waals surface area contributed by atoms with Crippen molar-refractivity contribution >= 4 is 93.0 Å². The summed E-state index contributed by atoms with van der Waals surface area (Å²) in [5, 5.41) is 16.0. The van der Waals surface area contributed by atoms with E-state index in [1.807, 2.05) is 72.6 Å². The standard InChI is InChI=1S/C51H66Cl3N7O7.C11H16N4O2S/c1-56-42-13-19-46(20-14-42)68-34-33-65-29-24-57-37-43(59-55)23-28-64-31-32-66-30-26-60(2)25-3-4-27-67-45-17-7-38(8-18-45)9-22-49(62)61(44-15-16-44)50(40-10-21-47(53)48(54)35-40)51(63)58-36-39-5-11-41(52)12-6-39;1-14-2-4-15(5-3-14)10(17)6-9-7-18-11(13-9)12-8-16/h5-8,10-14,17-21,35,37,44,50,56H,3-4,9,15-16,22-34,36,55H2,1-2H3,(H,58,63);7-8H,2-6H2,1H3,(H,12,13,16)/b57-37?,59-43-;. The number of thiazole rings is 1. The highest BCUT2D eigenvalue weighted by Gasteiger charge is 2.41. The summed E-state index contributed by atoms with van der Waals surface area (Å²) < 4.78 is 28.7. The van der Waals surface area contributed by atoms with Crippen molar-refractivity contribution in [1.82, 2.24) is 29.9 Å². The first-order chi connectivity index (χ1) is 41.8. The molecule has 1 aliphatic heterocycles. The Kier molecular flexibility index (Phi) is 30.9. The van der Waals surface area contributed by atoms with Gasteiger partial charge in [-0.1, -0.05) is 65.1 Å². The zero-order valence-electron chi connectivity index (χ0n) is 49.4. The number of anilines is 2. The Morgan fingerprint density at radius 1 is 0.791 bits per heavy atom. The van der Waals surface area contributed by atoms with Gasteiger partial charge in [0, 0.05) is 87.5 Å². The van der Waals surface area contributed by atoms with Gasteiger partial charge in [-0.25, -0.2) is 4.98 Å². The van der Waals surface area contributed by atoms with Crippen LogP contribution in [-0.4, -0.2) is 186 Å². The summed E-state index contributed by atoms with van der Waals surface area (Å²) in [5.41, 5.74) is 4.92. The number of benzene rings is 4. The van der Waals surface area contributed by atoms with Gasteiger partial charge >= 0.3 is 0 Å². The van der Waals surface area contributed by atoms with Crippen molar-refractivity contribution in [2.75, 3.05) is 130 Å². The molecule has 20 nitrogen and oxygen atoms in total. The number of nitrogens with one attached hydrogen (secondary N) is 3. The van der Waals surface area contributed by atoms with Gasteiger partial charge in [-0.05, 0) is 130 Å². The third-order valence-corrected chi connectivity index (χ3v) is 15.8. The van der Waals surface area contributed by atoms with Gasteiger partial charge in [0.05, 0.1) is 80.7 Å². The summed E-state index contributed by atoms with van der Waals surface area (Å²) >= 11 is 20.0. The Hall–Kier alpha value is -6.40. The quantitative estimate of drug-likeness (QED) is 0.00960. The summed E-state index contributed by atoms with van der Waals surface area (Å²) in [4.78, 5) is 66.7. The molecule has 0 bridgehead atoms. The molecule has 2 fully saturated rings. The van der Waals surface area contributed by atoms with Crippen LogP contribution < -0.4 is 31.3 Å². The number of hydrazone groups is 1. The zero-order valence-corrected chi connectivity index (χ0v) is 52.5. The lowest BCUT2D eigenvalue weighted by atomic mass is 10.0. The van der Waals surface area contributed by atoms with Crippen LogP contribution in [0.2, 0.25) is 15.1 Å². The van der Waals surface area contributed by atoms with Crippen molar-refractivity contribution < 1.29 is 42.9 Å². The van der Waals surface area contributed by atoms with Crippen molar-refractivity contribution in [3.05, 3.63) is 134 Å². The number of unbranched alkanes of at least 4 members (excludes halogenated alkanes) is 1. The Balaban J connectivity index is 0.000000556. The first kappa shape index (κ1) is 68.7. The van der Waals surface area contributed by atoms with E-state index in [-0.39, 0.29) is 36.7 Å². The van der Waals surface area contributed by atoms with Crippen molar-refractivity contribution in [2.24, 2.45) is 15.9 Å². The van der Waals surface area contributed by atoms with E-state index in [4.69, 9.17) is 64.3 Å². The molecule has 1 atom stereocenters. The molecule has 4 aromatic carbocycles. The SMILES string of the molecule is CN1CCN(C(=O)Cc2csc(NC=O)n2)CC1.CNc1ccc(OCCOCCN=C/C(CCOCCOCCN(C)CCCCOc2ccc(CCC(=O)N(C3CC3)C(C(=O)NCc3ccc(Cl)cc3)c3ccc(Cl)c(Cl)c3)cc2)=N\N)cc1. The molecule has 5 N–H and O–H groups in total. The lowest BCUT2D eigenvalue weighted by molar-refractivity contribution is -0.141. The average molecular weight is 1260 g/mol. The fourth-order valence-electron chi connectivity index (χ4n) is 8.87. The molecule has 2 heterocycles. The van der Waals surface area contributed by atoms with Crippen molar-refractivity contribution in [2.45, 2.75) is 70.0 Å². The molecule has 2 aliphatic rings. The molecular formula is C62H82Cl3N11O9S. The minimum Gasteiger partial charge on any atom is -0.494 e. The molecule has 1 aliphatic carbocycles. The maximum atomic E-state index is 14.0. The molecule has 0 radical (unpaired) electrons. The maximum absolute atomic E-state index is 14.0. The average Bonchev–Trinajstić information content (AvgIpc) is 3.11. The number of ether oxygens (including phenoxy) is 5. The van der Waals surface area contributed by atoms with Gasteiger partial charge in [-0.2, -0.15) is 5.10 Å². The molecule has 1 saturated heterocycles. The van der Waals surface area contributed by atoms with Gasteiger partial charge in [-0.15, -0.1) is 11.3 Å². The summed E-state index contributed by atoms with van der Waals surface area (Å²) in [5.74, 6) is 6.84. The number of rotatable bonds is 37. The predicted octanol–water partition coefficient (Wildman–Crippen LogP) is 8.69. The Labute approximate surface area is 524 Å². The highest BCUT2D eigenvalue weighted by atomic mass is 35.5. The number of carbonyl (C=O) groups excluding carboxylic acids is 4. The van der Waals surface area contributed by atoms with Crippen LogP contribution in [0.3, 0.4) is 0 Å². The van der Waals surface area contributed by atoms with Crippen LogP contribution in [-0.2, 0) is 52.8 Å². The molecule has 5 aromatic rings. The van der Waals surface area contributed by atoms with E-state index in [0.29, 0.717) is 122 Å². The first-order valence-corrected chi connectivity index (χ1v) is 31.0. The fourth-order valence-corrected chi connectivity index (χ4v) is 9.98. The molecule has 1 aromatic heterocycles. The lowest BCUT2D eigenvalue weighted by Gasteiger charge is -2.32. The highest BCUT2D eigenvalue weighted by Crippen LogP contribution is 2.37. The third-order valence-electron chi connectivity index (χ3n) is 14.0. The van der Waals surface area contributed by atoms with Crippen LogP contribution in [0.15, 0.2) is 106 Å². The number of likely N-dealkylation sites (N-methyl/N-ethyl adjacent to an activating group) is 2. The number of piperazine rings is 1. The van der Waals surface area contributed by atoms with Crippen LogP contribution in [0, 0.1) is 0 Å². The molecule has 7 rings (SSSR count). The maximum Gasteiger partial charge on any atom is 0.247 e. The second-order valence-electron chi connectivity index (χ2n) is 20.6. The van der Waals surface area contributed by atoms with Crippen LogP contribution >= 0.6 is 46.1 Å². The van der Waals surface area contributed by atoms with Gasteiger partial charge in [0.1, 0.15) is 24.1 Å². The van der Waals surface area contributed by atoms with Crippen LogP contribution in [0.4, 0.5) is 10.8 Å². The number of aromatic nitrogens is 1. The van der Waals surface area contributed by atoms with Crippen molar-refractivity contribution in [3.63, 3.8) is 0 Å². The van der Waals surface area contributed by atoms with E-state index < -0.39 is 6.04 Å². The molecule has 1 unspecified atom stereocenters. The number of nitrogens with two attached hydrogens (primary N) is 1. The molecular weight excluding hydrogens is 1180 g/mol. The van der Waals surface area contributed by atoms with Crippen molar-refractivity contribution in [1.29, 1.82) is 0 Å². The highest BCUT2D eigenvalue weighted by molar-refractivity contribution is 7.13. The zero-order chi connectivity index (χ0) is 61.3. The minimum atomic E-state index is -0.856. The predicted molar refractivity (Wildman–Crippen MR) is 342 cm³/mol. The number of nitrogens with zero attached hydrogens (tertiary/aromatic N) is 7. The number of halogens is 3. The second-order valence-corrected chi connectivity index (χ2v) is 22.7. The minimum absolute atomic E-state index is 0.0307. The van der Waals surface area contributed by atoms with Crippen LogP contribution in [0.5, 0.6) is 11.5 Å². The summed E-state index contributed by atoms with van der Waals surface area (Å²) in [7, 11) is 6.02. The number of hydrogen-bond acceptors (Lipinski definition) is 17. The first-order valence-electron chi connectivity index (χ1n) is 29.0. The van der Waals surface area contributed by atoms with Gasteiger partial charge < -0.3 is 65.1 Å². The van der Waals surface area contributed by atoms with Gasteiger partial charge in [0.15, 0.2) is 5.13 Å². The summed E-state index contributed by atoms with van der Waals surface area (Å²) in [6.07, 6.45) is 7.45. The number of hydrogen-bond donors (Lipinski definition) is 4. The molecule has 466 valence electrons. The number of aliphatic imine (C=N–C) groups is 1. The Morgan fingerprint density at radius 3 is 2.15 bits per heavy atom. The molecule has 1 saturated carbocycles.